The largest absolute Gasteiger partial charge is 0.491 e. The third-order valence-corrected chi connectivity index (χ3v) is 15.8. The number of carbonyl (C=O) groups excluding carboxylic acids is 5. The number of aromatic nitrogens is 1. The van der Waals surface area contributed by atoms with Crippen molar-refractivity contribution < 1.29 is 57.5 Å². The van der Waals surface area contributed by atoms with Crippen molar-refractivity contribution in [3.63, 3.8) is 0 Å². The summed E-state index contributed by atoms with van der Waals surface area (Å²) in [5, 5.41) is 21.5. The molecule has 3 amide bonds. The number of nitrogens with zero attached hydrogens (tertiary/aromatic N) is 2. The van der Waals surface area contributed by atoms with E-state index in [1.165, 1.54) is 16.9 Å². The van der Waals surface area contributed by atoms with Gasteiger partial charge in [-0.2, -0.15) is 0 Å². The molecule has 1 aromatic carbocycles. The van der Waals surface area contributed by atoms with Gasteiger partial charge in [0, 0.05) is 36.4 Å². The van der Waals surface area contributed by atoms with Gasteiger partial charge in [-0.3, -0.25) is 19.2 Å². The third-order valence-electron chi connectivity index (χ3n) is 14.9. The fourth-order valence-corrected chi connectivity index (χ4v) is 11.9. The minimum absolute atomic E-state index is 0.0402. The lowest BCUT2D eigenvalue weighted by Gasteiger charge is -2.43. The summed E-state index contributed by atoms with van der Waals surface area (Å²) >= 11 is 1.39. The molecule has 2 aliphatic heterocycles. The normalized spacial score (nSPS) is 26.2. The highest BCUT2D eigenvalue weighted by Crippen LogP contribution is 2.45. The number of likely N-dealkylation sites (N-methyl/N-ethyl adjacent to an activating group) is 1. The number of cyclic esters (lactones) is 1. The molecule has 3 heterocycles. The minimum atomic E-state index is -0.661. The molecule has 2 saturated heterocycles. The van der Waals surface area contributed by atoms with Gasteiger partial charge in [-0.25, -0.2) is 9.78 Å². The van der Waals surface area contributed by atoms with Gasteiger partial charge in [0.25, 0.3) is 0 Å². The lowest BCUT2D eigenvalue weighted by molar-refractivity contribution is -0.160. The number of hydrogen-bond acceptors (Lipinski definition) is 15. The summed E-state index contributed by atoms with van der Waals surface area (Å²) in [6.45, 7) is 9.32. The van der Waals surface area contributed by atoms with Crippen LogP contribution in [0.15, 0.2) is 53.4 Å². The molecule has 3 aliphatic carbocycles. The first-order valence-electron chi connectivity index (χ1n) is 26.3. The maximum atomic E-state index is 14.2. The number of aliphatic hydroxyl groups excluding tert-OH is 1. The van der Waals surface area contributed by atoms with E-state index in [0.29, 0.717) is 82.6 Å². The Morgan fingerprint density at radius 3 is 2.44 bits per heavy atom. The number of amides is 3. The second kappa shape index (κ2) is 27.5. The van der Waals surface area contributed by atoms with Gasteiger partial charge in [-0.1, -0.05) is 63.5 Å². The first kappa shape index (κ1) is 55.0. The van der Waals surface area contributed by atoms with Crippen LogP contribution in [0.3, 0.4) is 0 Å². The number of ether oxygens (including phenoxy) is 6. The Morgan fingerprint density at radius 1 is 0.944 bits per heavy atom. The van der Waals surface area contributed by atoms with E-state index in [1.807, 2.05) is 4.90 Å². The van der Waals surface area contributed by atoms with E-state index in [4.69, 9.17) is 33.4 Å². The van der Waals surface area contributed by atoms with Crippen molar-refractivity contribution in [2.24, 2.45) is 29.6 Å². The number of carbonyl (C=O) groups is 5. The molecule has 17 nitrogen and oxygen atoms in total. The van der Waals surface area contributed by atoms with Crippen molar-refractivity contribution in [1.82, 2.24) is 25.8 Å². The van der Waals surface area contributed by atoms with Crippen molar-refractivity contribution in [3.05, 3.63) is 69.7 Å². The monoisotopic (exact) mass is 1020 g/mol. The number of alkyl carbamates (subject to hydrolysis) is 1. The molecule has 0 radical (unpaired) electrons. The fourth-order valence-electron chi connectivity index (χ4n) is 10.9. The SMILES string of the molecule is CN[C@@H](C)C(=O)N[C@H](C(=O)N1CCC[C@H]1c1nc(C(=O)c2cccc(OCCOCCOCCOCCNC(=O)O[C@H]3C[C@@H](C)C=C4C=C[C@H](C)[C@H](CC[C@@H]5C[C@@H](O)CC(=O)O5)[C@H]43)c2)cs1)C1CCCCC1. The molecule has 0 bridgehead atoms. The van der Waals surface area contributed by atoms with E-state index in [1.54, 1.807) is 43.6 Å². The Kier molecular flexibility index (Phi) is 21.0. The van der Waals surface area contributed by atoms with E-state index in [9.17, 15) is 29.1 Å². The summed E-state index contributed by atoms with van der Waals surface area (Å²) in [6.07, 6.45) is 14.2. The van der Waals surface area contributed by atoms with Crippen LogP contribution in [0.1, 0.15) is 125 Å². The predicted octanol–water partition coefficient (Wildman–Crippen LogP) is 6.49. The van der Waals surface area contributed by atoms with E-state index in [2.05, 4.69) is 48.0 Å². The van der Waals surface area contributed by atoms with Crippen molar-refractivity contribution >= 4 is 41.0 Å². The molecule has 4 N–H and O–H groups in total. The molecular formula is C54H77N5O12S. The van der Waals surface area contributed by atoms with E-state index >= 15 is 0 Å². The van der Waals surface area contributed by atoms with Gasteiger partial charge in [0.15, 0.2) is 0 Å². The lowest BCUT2D eigenvalue weighted by atomic mass is 9.65. The number of rotatable bonds is 25. The zero-order valence-electron chi connectivity index (χ0n) is 42.6. The topological polar surface area (TPSA) is 213 Å². The highest BCUT2D eigenvalue weighted by atomic mass is 32.1. The fraction of sp³-hybridized carbons (Fsp3) is 0.667. The molecule has 2 aromatic rings. The summed E-state index contributed by atoms with van der Waals surface area (Å²) in [7, 11) is 1.73. The van der Waals surface area contributed by atoms with Crippen LogP contribution >= 0.6 is 11.3 Å². The number of aliphatic hydroxyl groups is 1. The molecular weight excluding hydrogens is 943 g/mol. The Balaban J connectivity index is 0.753. The summed E-state index contributed by atoms with van der Waals surface area (Å²) < 4.78 is 34.5. The third kappa shape index (κ3) is 15.4. The van der Waals surface area contributed by atoms with Gasteiger partial charge in [-0.05, 0) is 100 Å². The molecule has 1 aromatic heterocycles. The average molecular weight is 1020 g/mol. The first-order valence-corrected chi connectivity index (χ1v) is 27.2. The Morgan fingerprint density at radius 2 is 1.69 bits per heavy atom. The molecule has 10 atom stereocenters. The van der Waals surface area contributed by atoms with E-state index in [0.717, 1.165) is 62.8 Å². The van der Waals surface area contributed by atoms with E-state index in [-0.39, 0.29) is 84.4 Å². The first-order chi connectivity index (χ1) is 34.9. The number of hydrogen-bond donors (Lipinski definition) is 4. The average Bonchev–Trinajstić information content (AvgIpc) is 4.07. The predicted molar refractivity (Wildman–Crippen MR) is 270 cm³/mol. The molecule has 7 rings (SSSR count). The zero-order valence-corrected chi connectivity index (χ0v) is 43.4. The molecule has 5 aliphatic rings. The second-order valence-corrected chi connectivity index (χ2v) is 21.0. The van der Waals surface area contributed by atoms with Gasteiger partial charge in [0.2, 0.25) is 17.6 Å². The van der Waals surface area contributed by atoms with Crippen LogP contribution in [0.25, 0.3) is 0 Å². The van der Waals surface area contributed by atoms with Crippen molar-refractivity contribution in [2.45, 2.75) is 134 Å². The van der Waals surface area contributed by atoms with Gasteiger partial charge in [-0.15, -0.1) is 11.3 Å². The Bertz CT molecular complexity index is 2180. The summed E-state index contributed by atoms with van der Waals surface area (Å²) in [6, 6.07) is 5.74. The van der Waals surface area contributed by atoms with Crippen LogP contribution in [0.5, 0.6) is 5.75 Å². The number of allylic oxidation sites excluding steroid dienone is 3. The number of fused-ring (bicyclic) bond motifs is 1. The van der Waals surface area contributed by atoms with Crippen LogP contribution in [0.2, 0.25) is 0 Å². The Hall–Kier alpha value is -4.72. The van der Waals surface area contributed by atoms with Crippen LogP contribution in [0.4, 0.5) is 4.79 Å². The quantitative estimate of drug-likeness (QED) is 0.0476. The zero-order chi connectivity index (χ0) is 51.0. The van der Waals surface area contributed by atoms with Crippen LogP contribution in [-0.4, -0.2) is 141 Å². The Labute approximate surface area is 428 Å². The summed E-state index contributed by atoms with van der Waals surface area (Å²) in [5.41, 5.74) is 1.95. The number of esters is 1. The maximum absolute atomic E-state index is 14.2. The van der Waals surface area contributed by atoms with Crippen LogP contribution < -0.4 is 20.7 Å². The highest BCUT2D eigenvalue weighted by Gasteiger charge is 2.43. The second-order valence-electron chi connectivity index (χ2n) is 20.1. The minimum Gasteiger partial charge on any atom is -0.491 e. The number of nitrogens with one attached hydrogen (secondary N) is 3. The highest BCUT2D eigenvalue weighted by molar-refractivity contribution is 7.10. The summed E-state index contributed by atoms with van der Waals surface area (Å²) in [4.78, 5) is 72.3. The molecule has 0 unspecified atom stereocenters. The molecule has 0 spiro atoms. The molecule has 72 heavy (non-hydrogen) atoms. The van der Waals surface area contributed by atoms with Crippen LogP contribution in [-0.2, 0) is 38.1 Å². The number of likely N-dealkylation sites (tertiary alicyclic amines) is 1. The van der Waals surface area contributed by atoms with Crippen LogP contribution in [0, 0.1) is 29.6 Å². The van der Waals surface area contributed by atoms with Crippen molar-refractivity contribution in [2.75, 3.05) is 66.4 Å². The van der Waals surface area contributed by atoms with Crippen molar-refractivity contribution in [3.8, 4) is 5.75 Å². The van der Waals surface area contributed by atoms with Crippen molar-refractivity contribution in [1.29, 1.82) is 0 Å². The molecule has 396 valence electrons. The van der Waals surface area contributed by atoms with Gasteiger partial charge >= 0.3 is 12.1 Å². The molecule has 3 fully saturated rings. The number of benzene rings is 1. The lowest BCUT2D eigenvalue weighted by Crippen LogP contribution is -2.55. The van der Waals surface area contributed by atoms with Gasteiger partial charge in [0.1, 0.15) is 41.3 Å². The number of thiazole rings is 1. The standard InChI is InChI=1S/C54H77N5O12S/c1-34-28-38-16-15-35(2)43(18-17-42-31-40(60)32-47(61)70-42)48(38)46(29-34)71-54(65)56-19-21-66-22-23-67-24-25-68-26-27-69-41-13-8-12-39(30-41)50(62)44-33-72-52(57-44)45-14-9-20-59(45)53(64)49(37-10-6-5-7-11-37)58-51(63)36(3)55-4/h8,12-13,15-16,28,30,33-37,40,42-43,45-46,48-49,55,60H,5-7,9-11,14,17-27,29,31-32H2,1-4H3,(H,56,65)(H,58,63)/t34-,35-,36-,40+,42+,43-,45-,46-,48-,49-/m0/s1. The van der Waals surface area contributed by atoms with Gasteiger partial charge < -0.3 is 54.4 Å². The summed E-state index contributed by atoms with van der Waals surface area (Å²) in [5.74, 6) is 0.562. The van der Waals surface area contributed by atoms with E-state index < -0.39 is 24.3 Å². The number of ketones is 1. The van der Waals surface area contributed by atoms with Gasteiger partial charge in [0.05, 0.1) is 64.2 Å². The molecule has 18 heteroatoms. The maximum Gasteiger partial charge on any atom is 0.407 e. The smallest absolute Gasteiger partial charge is 0.407 e. The molecule has 1 saturated carbocycles.